The molecule has 10 heteroatoms. The standard InChI is InChI=1S/C53H49N9O/c1-35-23-25-37(33-54-3)31-46(35)62(47-32-38(34-55-4)26-24-36(47)2)50(63)41-27-29-53(30-28-41,60-51-56-44-21-13-11-19-42(44)48(58-51)39-15-7-5-8-16-39)61-52-57-45-22-14-12-20-43(45)49(59-52)40-17-9-6-10-18-40/h5-29,31-32,54-55H,30,33-34H2,1-4H3,(H,56,58,60)(H,57,59,61). The number of anilines is 4. The number of hydrogen-bond donors (Lipinski definition) is 4. The number of aromatic nitrogens is 4. The Labute approximate surface area is 367 Å². The van der Waals surface area contributed by atoms with E-state index in [9.17, 15) is 0 Å². The predicted octanol–water partition coefficient (Wildman–Crippen LogP) is 10.4. The Bertz CT molecular complexity index is 2840. The van der Waals surface area contributed by atoms with Gasteiger partial charge in [-0.3, -0.25) is 9.69 Å². The van der Waals surface area contributed by atoms with Crippen molar-refractivity contribution in [3.8, 4) is 22.5 Å². The smallest absolute Gasteiger partial charge is 0.262 e. The van der Waals surface area contributed by atoms with Crippen LogP contribution in [-0.4, -0.2) is 45.6 Å². The van der Waals surface area contributed by atoms with Crippen LogP contribution >= 0.6 is 0 Å². The van der Waals surface area contributed by atoms with E-state index in [1.165, 1.54) is 0 Å². The van der Waals surface area contributed by atoms with Crippen LogP contribution in [0.3, 0.4) is 0 Å². The summed E-state index contributed by atoms with van der Waals surface area (Å²) < 4.78 is 0. The summed E-state index contributed by atoms with van der Waals surface area (Å²) in [6, 6.07) is 48.9. The van der Waals surface area contributed by atoms with Gasteiger partial charge in [0.1, 0.15) is 5.66 Å². The summed E-state index contributed by atoms with van der Waals surface area (Å²) >= 11 is 0. The molecule has 0 fully saturated rings. The Morgan fingerprint density at radius 3 is 1.49 bits per heavy atom. The van der Waals surface area contributed by atoms with Gasteiger partial charge < -0.3 is 21.3 Å². The van der Waals surface area contributed by atoms with Gasteiger partial charge in [0.25, 0.3) is 5.91 Å². The number of amides is 1. The first-order valence-corrected chi connectivity index (χ1v) is 21.2. The maximum Gasteiger partial charge on any atom is 0.262 e. The third-order valence-electron chi connectivity index (χ3n) is 11.4. The van der Waals surface area contributed by atoms with Crippen molar-refractivity contribution in [1.82, 2.24) is 30.6 Å². The number of nitrogens with one attached hydrogen (secondary N) is 4. The molecule has 0 spiro atoms. The molecule has 10 nitrogen and oxygen atoms in total. The molecule has 9 rings (SSSR count). The predicted molar refractivity (Wildman–Crippen MR) is 257 cm³/mol. The zero-order valence-electron chi connectivity index (χ0n) is 35.9. The lowest BCUT2D eigenvalue weighted by molar-refractivity contribution is -0.114. The van der Waals surface area contributed by atoms with Gasteiger partial charge in [-0.15, -0.1) is 0 Å². The van der Waals surface area contributed by atoms with E-state index in [4.69, 9.17) is 19.9 Å². The molecule has 0 saturated heterocycles. The second-order valence-electron chi connectivity index (χ2n) is 15.9. The van der Waals surface area contributed by atoms with Crippen molar-refractivity contribution in [3.63, 3.8) is 0 Å². The molecule has 2 heterocycles. The lowest BCUT2D eigenvalue weighted by atomic mass is 9.94. The largest absolute Gasteiger partial charge is 0.328 e. The summed E-state index contributed by atoms with van der Waals surface area (Å²) in [5, 5.41) is 15.8. The summed E-state index contributed by atoms with van der Waals surface area (Å²) in [6.07, 6.45) is 6.17. The van der Waals surface area contributed by atoms with Crippen molar-refractivity contribution in [2.75, 3.05) is 29.6 Å². The highest BCUT2D eigenvalue weighted by Gasteiger charge is 2.34. The van der Waals surface area contributed by atoms with E-state index in [1.807, 2.05) is 122 Å². The van der Waals surface area contributed by atoms with E-state index in [0.717, 1.165) is 77.9 Å². The minimum absolute atomic E-state index is 0.143. The molecule has 0 radical (unpaired) electrons. The van der Waals surface area contributed by atoms with Gasteiger partial charge in [0, 0.05) is 47.0 Å². The van der Waals surface area contributed by atoms with Crippen LogP contribution in [0, 0.1) is 13.8 Å². The Morgan fingerprint density at radius 1 is 0.587 bits per heavy atom. The molecule has 0 atom stereocenters. The van der Waals surface area contributed by atoms with E-state index in [0.29, 0.717) is 37.0 Å². The average molecular weight is 828 g/mol. The van der Waals surface area contributed by atoms with Gasteiger partial charge in [-0.25, -0.2) is 19.9 Å². The first kappa shape index (κ1) is 40.9. The molecule has 0 bridgehead atoms. The van der Waals surface area contributed by atoms with Crippen molar-refractivity contribution in [1.29, 1.82) is 0 Å². The molecule has 0 saturated carbocycles. The van der Waals surface area contributed by atoms with Gasteiger partial charge in [0.05, 0.1) is 33.8 Å². The van der Waals surface area contributed by atoms with Crippen LogP contribution in [0.15, 0.2) is 169 Å². The number of fused-ring (bicyclic) bond motifs is 2. The molecule has 0 aliphatic heterocycles. The van der Waals surface area contributed by atoms with Crippen molar-refractivity contribution >= 4 is 51.0 Å². The fourth-order valence-corrected chi connectivity index (χ4v) is 8.21. The molecule has 0 unspecified atom stereocenters. The van der Waals surface area contributed by atoms with Crippen LogP contribution in [0.1, 0.15) is 28.7 Å². The SMILES string of the molecule is CNCc1ccc(C)c(N(C(=O)C2=CCC(Nc3nc(-c4ccccc4)c4ccccc4n3)(Nc3nc(-c4ccccc4)c4ccccc4n3)C=C2)c2cc(CNC)ccc2C)c1. The number of hydrogen-bond acceptors (Lipinski definition) is 9. The van der Waals surface area contributed by atoms with Crippen LogP contribution < -0.4 is 26.2 Å². The summed E-state index contributed by atoms with van der Waals surface area (Å²) in [5.74, 6) is 0.677. The quantitative estimate of drug-likeness (QED) is 0.0842. The van der Waals surface area contributed by atoms with Crippen LogP contribution in [-0.2, 0) is 17.9 Å². The lowest BCUT2D eigenvalue weighted by Crippen LogP contribution is -2.46. The van der Waals surface area contributed by atoms with E-state index < -0.39 is 5.66 Å². The highest BCUT2D eigenvalue weighted by Crippen LogP contribution is 2.37. The zero-order valence-corrected chi connectivity index (χ0v) is 35.9. The van der Waals surface area contributed by atoms with Gasteiger partial charge in [0.2, 0.25) is 11.9 Å². The third kappa shape index (κ3) is 8.55. The number of para-hydroxylation sites is 2. The van der Waals surface area contributed by atoms with E-state index in [2.05, 4.69) is 95.8 Å². The second-order valence-corrected chi connectivity index (χ2v) is 15.9. The maximum atomic E-state index is 15.3. The van der Waals surface area contributed by atoms with Crippen LogP contribution in [0.25, 0.3) is 44.3 Å². The number of benzene rings is 6. The number of nitrogens with zero attached hydrogens (tertiary/aromatic N) is 5. The summed E-state index contributed by atoms with van der Waals surface area (Å²) in [6.45, 7) is 5.44. The van der Waals surface area contributed by atoms with Crippen LogP contribution in [0.4, 0.5) is 23.3 Å². The van der Waals surface area contributed by atoms with E-state index >= 15 is 4.79 Å². The second kappa shape index (κ2) is 17.8. The minimum Gasteiger partial charge on any atom is -0.328 e. The molecule has 1 aliphatic carbocycles. The number of carbonyl (C=O) groups excluding carboxylic acids is 1. The Hall–Kier alpha value is -7.53. The van der Waals surface area contributed by atoms with Crippen molar-refractivity contribution in [3.05, 3.63) is 192 Å². The van der Waals surface area contributed by atoms with Crippen LogP contribution in [0.5, 0.6) is 0 Å². The molecular weight excluding hydrogens is 779 g/mol. The fourth-order valence-electron chi connectivity index (χ4n) is 8.21. The Morgan fingerprint density at radius 2 is 1.05 bits per heavy atom. The van der Waals surface area contributed by atoms with Crippen molar-refractivity contribution < 1.29 is 4.79 Å². The molecule has 6 aromatic carbocycles. The molecule has 1 amide bonds. The highest BCUT2D eigenvalue weighted by molar-refractivity contribution is 6.13. The minimum atomic E-state index is -1.06. The van der Waals surface area contributed by atoms with Gasteiger partial charge in [-0.05, 0) is 86.6 Å². The fraction of sp³-hybridized carbons (Fsp3) is 0.151. The van der Waals surface area contributed by atoms with Gasteiger partial charge in [-0.2, -0.15) is 0 Å². The molecule has 8 aromatic rings. The van der Waals surface area contributed by atoms with Crippen molar-refractivity contribution in [2.45, 2.75) is 39.0 Å². The third-order valence-corrected chi connectivity index (χ3v) is 11.4. The van der Waals surface area contributed by atoms with E-state index in [1.54, 1.807) is 0 Å². The lowest BCUT2D eigenvalue weighted by Gasteiger charge is -2.35. The molecule has 63 heavy (non-hydrogen) atoms. The topological polar surface area (TPSA) is 120 Å². The number of rotatable bonds is 13. The molecular formula is C53H49N9O. The summed E-state index contributed by atoms with van der Waals surface area (Å²) in [5.41, 5.74) is 10.4. The Kier molecular flexibility index (Phi) is 11.6. The first-order valence-electron chi connectivity index (χ1n) is 21.2. The number of carbonyl (C=O) groups is 1. The summed E-state index contributed by atoms with van der Waals surface area (Å²) in [4.78, 5) is 37.5. The van der Waals surface area contributed by atoms with Gasteiger partial charge >= 0.3 is 0 Å². The zero-order chi connectivity index (χ0) is 43.3. The van der Waals surface area contributed by atoms with Crippen LogP contribution in [0.2, 0.25) is 0 Å². The Balaban J connectivity index is 1.16. The molecule has 1 aliphatic rings. The molecule has 4 N–H and O–H groups in total. The summed E-state index contributed by atoms with van der Waals surface area (Å²) in [7, 11) is 3.85. The maximum absolute atomic E-state index is 15.3. The average Bonchev–Trinajstić information content (AvgIpc) is 3.31. The molecule has 312 valence electrons. The van der Waals surface area contributed by atoms with Crippen molar-refractivity contribution in [2.24, 2.45) is 0 Å². The molecule has 2 aromatic heterocycles. The highest BCUT2D eigenvalue weighted by atomic mass is 16.2. The normalized spacial score (nSPS) is 13.2. The first-order chi connectivity index (χ1) is 30.8. The number of aryl methyl sites for hydroxylation is 2. The van der Waals surface area contributed by atoms with E-state index in [-0.39, 0.29) is 5.91 Å². The van der Waals surface area contributed by atoms with Gasteiger partial charge in [-0.1, -0.05) is 127 Å². The van der Waals surface area contributed by atoms with Gasteiger partial charge in [0.15, 0.2) is 0 Å². The monoisotopic (exact) mass is 827 g/mol.